The molecule has 1 amide bonds. The van der Waals surface area contributed by atoms with Crippen LogP contribution < -0.4 is 9.64 Å². The second-order valence-electron chi connectivity index (χ2n) is 7.62. The number of rotatable bonds is 7. The first-order chi connectivity index (χ1) is 15.9. The molecule has 8 nitrogen and oxygen atoms in total. The van der Waals surface area contributed by atoms with Crippen LogP contribution in [0.5, 0.6) is 5.75 Å². The third-order valence-electron chi connectivity index (χ3n) is 5.32. The fourth-order valence-electron chi connectivity index (χ4n) is 3.83. The topological polar surface area (TPSA) is 105 Å². The smallest absolute Gasteiger partial charge is 0.259 e. The first kappa shape index (κ1) is 22.1. The number of ether oxygens (including phenoxy) is 1. The van der Waals surface area contributed by atoms with E-state index in [1.165, 1.54) is 0 Å². The van der Waals surface area contributed by atoms with Crippen LogP contribution in [0.4, 0.5) is 5.69 Å². The largest absolute Gasteiger partial charge is 0.494 e. The molecule has 0 aliphatic carbocycles. The van der Waals surface area contributed by atoms with Crippen molar-refractivity contribution >= 4 is 22.7 Å². The van der Waals surface area contributed by atoms with Gasteiger partial charge in [-0.1, -0.05) is 5.16 Å². The summed E-state index contributed by atoms with van der Waals surface area (Å²) >= 11 is 0. The van der Waals surface area contributed by atoms with E-state index in [0.29, 0.717) is 46.1 Å². The molecule has 8 heteroatoms. The molecular weight excluding hydrogens is 420 g/mol. The number of hydrogen-bond acceptors (Lipinski definition) is 7. The predicted octanol–water partition coefficient (Wildman–Crippen LogP) is 5.37. The van der Waals surface area contributed by atoms with Crippen molar-refractivity contribution in [3.05, 3.63) is 59.2 Å². The van der Waals surface area contributed by atoms with E-state index in [1.807, 2.05) is 39.0 Å². The molecule has 0 saturated heterocycles. The lowest BCUT2D eigenvalue weighted by molar-refractivity contribution is 0.0989. The second-order valence-corrected chi connectivity index (χ2v) is 7.62. The first-order valence-electron chi connectivity index (χ1n) is 10.7. The van der Waals surface area contributed by atoms with E-state index in [2.05, 4.69) is 16.2 Å². The molecule has 0 bridgehead atoms. The van der Waals surface area contributed by atoms with Crippen LogP contribution in [-0.2, 0) is 0 Å². The maximum absolute atomic E-state index is 13.9. The molecule has 1 aromatic carbocycles. The van der Waals surface area contributed by atoms with Crippen LogP contribution in [0.2, 0.25) is 0 Å². The summed E-state index contributed by atoms with van der Waals surface area (Å²) in [6.45, 7) is 8.17. The van der Waals surface area contributed by atoms with Crippen molar-refractivity contribution in [1.29, 1.82) is 5.26 Å². The lowest BCUT2D eigenvalue weighted by Gasteiger charge is -2.23. The van der Waals surface area contributed by atoms with E-state index in [0.717, 1.165) is 11.3 Å². The maximum Gasteiger partial charge on any atom is 0.259 e. The zero-order valence-electron chi connectivity index (χ0n) is 19.0. The molecule has 3 heterocycles. The molecule has 0 spiro atoms. The summed E-state index contributed by atoms with van der Waals surface area (Å²) in [6, 6.07) is 13.0. The number of nitriles is 1. The minimum absolute atomic E-state index is 0.183. The molecule has 0 fully saturated rings. The van der Waals surface area contributed by atoms with Gasteiger partial charge in [0.1, 0.15) is 17.3 Å². The molecule has 0 radical (unpaired) electrons. The number of furan rings is 1. The molecule has 168 valence electrons. The molecule has 3 aromatic heterocycles. The third-order valence-corrected chi connectivity index (χ3v) is 5.32. The average Bonchev–Trinajstić information content (AvgIpc) is 3.35. The molecule has 0 aliphatic heterocycles. The van der Waals surface area contributed by atoms with Gasteiger partial charge in [0.15, 0.2) is 0 Å². The zero-order valence-corrected chi connectivity index (χ0v) is 19.0. The highest BCUT2D eigenvalue weighted by molar-refractivity contribution is 6.14. The highest BCUT2D eigenvalue weighted by atomic mass is 16.5. The maximum atomic E-state index is 13.9. The van der Waals surface area contributed by atoms with Crippen molar-refractivity contribution in [2.75, 3.05) is 18.1 Å². The minimum Gasteiger partial charge on any atom is -0.494 e. The molecule has 0 aliphatic rings. The number of carbonyl (C=O) groups is 1. The van der Waals surface area contributed by atoms with Crippen molar-refractivity contribution in [1.82, 2.24) is 10.1 Å². The zero-order chi connectivity index (χ0) is 23.5. The van der Waals surface area contributed by atoms with Gasteiger partial charge in [-0.3, -0.25) is 4.79 Å². The van der Waals surface area contributed by atoms with E-state index < -0.39 is 0 Å². The van der Waals surface area contributed by atoms with Gasteiger partial charge >= 0.3 is 0 Å². The second kappa shape index (κ2) is 9.17. The van der Waals surface area contributed by atoms with E-state index in [9.17, 15) is 10.1 Å². The van der Waals surface area contributed by atoms with Crippen LogP contribution in [0.1, 0.15) is 40.9 Å². The Balaban J connectivity index is 1.83. The van der Waals surface area contributed by atoms with Crippen LogP contribution in [-0.4, -0.2) is 29.2 Å². The summed E-state index contributed by atoms with van der Waals surface area (Å²) in [6.07, 6.45) is 0.183. The Morgan fingerprint density at radius 3 is 2.58 bits per heavy atom. The molecule has 0 N–H and O–H groups in total. The Morgan fingerprint density at radius 1 is 1.18 bits per heavy atom. The normalized spacial score (nSPS) is 10.9. The van der Waals surface area contributed by atoms with E-state index >= 15 is 0 Å². The Morgan fingerprint density at radius 2 is 1.94 bits per heavy atom. The lowest BCUT2D eigenvalue weighted by atomic mass is 10.0. The summed E-state index contributed by atoms with van der Waals surface area (Å²) in [4.78, 5) is 20.0. The summed E-state index contributed by atoms with van der Waals surface area (Å²) in [7, 11) is 0. The Hall–Kier alpha value is -4.12. The average molecular weight is 444 g/mol. The molecule has 33 heavy (non-hydrogen) atoms. The number of carbonyl (C=O) groups excluding carboxylic acids is 1. The Labute approximate surface area is 191 Å². The van der Waals surface area contributed by atoms with Gasteiger partial charge in [0.2, 0.25) is 0 Å². The van der Waals surface area contributed by atoms with Crippen molar-refractivity contribution in [3.63, 3.8) is 0 Å². The standard InChI is InChI=1S/C25H24N4O4/c1-5-31-19-9-7-18(8-10-19)29(12-6-11-26)25(30)21-14-22(20-13-15(2)32-17(20)4)27-24-23(21)16(3)28-33-24/h7-10,13-14H,5-6,12H2,1-4H3. The van der Waals surface area contributed by atoms with Gasteiger partial charge in [0.05, 0.1) is 41.4 Å². The Bertz CT molecular complexity index is 1350. The van der Waals surface area contributed by atoms with Gasteiger partial charge < -0.3 is 18.6 Å². The van der Waals surface area contributed by atoms with Gasteiger partial charge in [-0.05, 0) is 64.1 Å². The van der Waals surface area contributed by atoms with Crippen molar-refractivity contribution in [3.8, 4) is 23.1 Å². The number of benzene rings is 1. The quantitative estimate of drug-likeness (QED) is 0.377. The molecule has 0 unspecified atom stereocenters. The third kappa shape index (κ3) is 4.30. The first-order valence-corrected chi connectivity index (χ1v) is 10.7. The van der Waals surface area contributed by atoms with Gasteiger partial charge in [-0.25, -0.2) is 4.98 Å². The van der Waals surface area contributed by atoms with Crippen LogP contribution in [0, 0.1) is 32.1 Å². The number of anilines is 1. The Kier molecular flexibility index (Phi) is 6.13. The molecule has 0 atom stereocenters. The summed E-state index contributed by atoms with van der Waals surface area (Å²) < 4.78 is 16.6. The molecule has 0 saturated carbocycles. The van der Waals surface area contributed by atoms with Crippen LogP contribution >= 0.6 is 0 Å². The van der Waals surface area contributed by atoms with Gasteiger partial charge in [0, 0.05) is 17.8 Å². The SMILES string of the molecule is CCOc1ccc(N(CCC#N)C(=O)c2cc(-c3cc(C)oc3C)nc3onc(C)c23)cc1. The monoisotopic (exact) mass is 444 g/mol. The van der Waals surface area contributed by atoms with Gasteiger partial charge in [-0.2, -0.15) is 5.26 Å². The molecule has 4 rings (SSSR count). The molecule has 4 aromatic rings. The van der Waals surface area contributed by atoms with E-state index in [-0.39, 0.29) is 24.6 Å². The van der Waals surface area contributed by atoms with E-state index in [1.54, 1.807) is 30.0 Å². The number of nitrogens with zero attached hydrogens (tertiary/aromatic N) is 4. The predicted molar refractivity (Wildman–Crippen MR) is 123 cm³/mol. The summed E-state index contributed by atoms with van der Waals surface area (Å²) in [5, 5.41) is 13.8. The van der Waals surface area contributed by atoms with E-state index in [4.69, 9.17) is 13.7 Å². The number of hydrogen-bond donors (Lipinski definition) is 0. The summed E-state index contributed by atoms with van der Waals surface area (Å²) in [5.41, 5.74) is 3.25. The van der Waals surface area contributed by atoms with Crippen LogP contribution in [0.15, 0.2) is 45.3 Å². The number of pyridine rings is 1. The lowest BCUT2D eigenvalue weighted by Crippen LogP contribution is -2.32. The van der Waals surface area contributed by atoms with Crippen LogP contribution in [0.25, 0.3) is 22.4 Å². The highest BCUT2D eigenvalue weighted by Crippen LogP contribution is 2.32. The number of fused-ring (bicyclic) bond motifs is 1. The summed E-state index contributed by atoms with van der Waals surface area (Å²) in [5.74, 6) is 1.88. The van der Waals surface area contributed by atoms with Gasteiger partial charge in [-0.15, -0.1) is 0 Å². The van der Waals surface area contributed by atoms with Crippen molar-refractivity contribution in [2.45, 2.75) is 34.1 Å². The fourth-order valence-corrected chi connectivity index (χ4v) is 3.83. The molecular formula is C25H24N4O4. The number of aryl methyl sites for hydroxylation is 3. The van der Waals surface area contributed by atoms with Crippen LogP contribution in [0.3, 0.4) is 0 Å². The number of amides is 1. The highest BCUT2D eigenvalue weighted by Gasteiger charge is 2.25. The van der Waals surface area contributed by atoms with Crippen molar-refractivity contribution in [2.24, 2.45) is 0 Å². The van der Waals surface area contributed by atoms with Gasteiger partial charge in [0.25, 0.3) is 11.6 Å². The fraction of sp³-hybridized carbons (Fsp3) is 0.280. The minimum atomic E-state index is -0.271. The number of aromatic nitrogens is 2. The van der Waals surface area contributed by atoms with Crippen molar-refractivity contribution < 1.29 is 18.5 Å².